The lowest BCUT2D eigenvalue weighted by atomic mass is 10.1. The van der Waals surface area contributed by atoms with Crippen molar-refractivity contribution in [2.45, 2.75) is 25.4 Å². The van der Waals surface area contributed by atoms with Crippen LogP contribution in [0.15, 0.2) is 24.3 Å². The summed E-state index contributed by atoms with van der Waals surface area (Å²) in [5.74, 6) is 0. The number of nitro groups is 1. The van der Waals surface area contributed by atoms with Crippen LogP contribution in [0, 0.1) is 10.1 Å². The fraction of sp³-hybridized carbons (Fsp3) is 0.647. The predicted octanol–water partition coefficient (Wildman–Crippen LogP) is 1.93. The zero-order chi connectivity index (χ0) is 16.1. The van der Waals surface area contributed by atoms with E-state index < -0.39 is 0 Å². The maximum Gasteiger partial charge on any atom is 0.269 e. The SMILES string of the molecule is O=[N+]([O-])c1ccc(CCN2CCN(C[C@H]3CCCO3)CC2)cc1. The van der Waals surface area contributed by atoms with Crippen LogP contribution >= 0.6 is 0 Å². The Morgan fingerprint density at radius 1 is 1.13 bits per heavy atom. The summed E-state index contributed by atoms with van der Waals surface area (Å²) < 4.78 is 5.71. The lowest BCUT2D eigenvalue weighted by molar-refractivity contribution is -0.384. The number of hydrogen-bond donors (Lipinski definition) is 0. The lowest BCUT2D eigenvalue weighted by Gasteiger charge is -2.35. The third kappa shape index (κ3) is 4.73. The van der Waals surface area contributed by atoms with E-state index in [9.17, 15) is 10.1 Å². The number of piperazine rings is 1. The Bertz CT molecular complexity index is 506. The van der Waals surface area contributed by atoms with Gasteiger partial charge in [-0.05, 0) is 24.8 Å². The molecule has 0 radical (unpaired) electrons. The maximum absolute atomic E-state index is 10.7. The summed E-state index contributed by atoms with van der Waals surface area (Å²) in [6, 6.07) is 6.92. The van der Waals surface area contributed by atoms with Crippen LogP contribution in [0.3, 0.4) is 0 Å². The molecule has 1 aromatic carbocycles. The van der Waals surface area contributed by atoms with Gasteiger partial charge in [0.25, 0.3) is 5.69 Å². The zero-order valence-corrected chi connectivity index (χ0v) is 13.5. The van der Waals surface area contributed by atoms with Gasteiger partial charge in [-0.25, -0.2) is 0 Å². The summed E-state index contributed by atoms with van der Waals surface area (Å²) in [7, 11) is 0. The lowest BCUT2D eigenvalue weighted by Crippen LogP contribution is -2.48. The topological polar surface area (TPSA) is 58.9 Å². The van der Waals surface area contributed by atoms with E-state index in [-0.39, 0.29) is 10.6 Å². The minimum absolute atomic E-state index is 0.163. The Balaban J connectivity index is 1.37. The Labute approximate surface area is 137 Å². The molecule has 126 valence electrons. The second kappa shape index (κ2) is 7.86. The fourth-order valence-electron chi connectivity index (χ4n) is 3.34. The molecule has 0 unspecified atom stereocenters. The molecule has 2 aliphatic heterocycles. The third-order valence-corrected chi connectivity index (χ3v) is 4.81. The molecular formula is C17H25N3O3. The molecule has 0 amide bonds. The van der Waals surface area contributed by atoms with Crippen LogP contribution in [-0.4, -0.2) is 66.7 Å². The highest BCUT2D eigenvalue weighted by atomic mass is 16.6. The van der Waals surface area contributed by atoms with Crippen molar-refractivity contribution in [1.82, 2.24) is 9.80 Å². The Morgan fingerprint density at radius 3 is 2.43 bits per heavy atom. The molecule has 2 fully saturated rings. The minimum Gasteiger partial charge on any atom is -0.377 e. The van der Waals surface area contributed by atoms with Crippen molar-refractivity contribution in [2.75, 3.05) is 45.9 Å². The molecule has 0 bridgehead atoms. The summed E-state index contributed by atoms with van der Waals surface area (Å²) >= 11 is 0. The van der Waals surface area contributed by atoms with E-state index in [0.29, 0.717) is 6.10 Å². The van der Waals surface area contributed by atoms with Gasteiger partial charge in [-0.3, -0.25) is 15.0 Å². The van der Waals surface area contributed by atoms with Crippen molar-refractivity contribution in [3.8, 4) is 0 Å². The van der Waals surface area contributed by atoms with Gasteiger partial charge in [-0.1, -0.05) is 12.1 Å². The number of benzene rings is 1. The highest BCUT2D eigenvalue weighted by molar-refractivity contribution is 5.32. The molecule has 0 spiro atoms. The Morgan fingerprint density at radius 2 is 1.83 bits per heavy atom. The number of rotatable bonds is 6. The van der Waals surface area contributed by atoms with Crippen molar-refractivity contribution in [2.24, 2.45) is 0 Å². The van der Waals surface area contributed by atoms with Gasteiger partial charge in [0.15, 0.2) is 0 Å². The molecule has 6 heteroatoms. The van der Waals surface area contributed by atoms with Gasteiger partial charge in [0, 0.05) is 58.0 Å². The monoisotopic (exact) mass is 319 g/mol. The molecule has 1 aromatic rings. The van der Waals surface area contributed by atoms with E-state index in [1.807, 2.05) is 12.1 Å². The van der Waals surface area contributed by atoms with Gasteiger partial charge in [-0.15, -0.1) is 0 Å². The number of non-ortho nitro benzene ring substituents is 1. The predicted molar refractivity (Wildman–Crippen MR) is 88.7 cm³/mol. The van der Waals surface area contributed by atoms with Crippen molar-refractivity contribution in [3.63, 3.8) is 0 Å². The van der Waals surface area contributed by atoms with E-state index in [1.54, 1.807) is 12.1 Å². The quantitative estimate of drug-likeness (QED) is 0.592. The number of hydrogen-bond acceptors (Lipinski definition) is 5. The average Bonchev–Trinajstić information content (AvgIpc) is 3.07. The second-order valence-electron chi connectivity index (χ2n) is 6.45. The first-order valence-electron chi connectivity index (χ1n) is 8.50. The molecule has 6 nitrogen and oxygen atoms in total. The Kier molecular flexibility index (Phi) is 5.59. The van der Waals surface area contributed by atoms with E-state index in [2.05, 4.69) is 9.80 Å². The van der Waals surface area contributed by atoms with E-state index in [1.165, 1.54) is 12.8 Å². The van der Waals surface area contributed by atoms with Crippen LogP contribution < -0.4 is 0 Å². The molecule has 0 aliphatic carbocycles. The zero-order valence-electron chi connectivity index (χ0n) is 13.5. The van der Waals surface area contributed by atoms with E-state index in [0.717, 1.165) is 57.9 Å². The van der Waals surface area contributed by atoms with E-state index >= 15 is 0 Å². The average molecular weight is 319 g/mol. The molecule has 2 saturated heterocycles. The molecule has 0 N–H and O–H groups in total. The largest absolute Gasteiger partial charge is 0.377 e. The first-order valence-corrected chi connectivity index (χ1v) is 8.50. The van der Waals surface area contributed by atoms with Crippen LogP contribution in [0.2, 0.25) is 0 Å². The molecule has 23 heavy (non-hydrogen) atoms. The van der Waals surface area contributed by atoms with Crippen LogP contribution in [-0.2, 0) is 11.2 Å². The van der Waals surface area contributed by atoms with Crippen LogP contribution in [0.25, 0.3) is 0 Å². The first kappa shape index (κ1) is 16.4. The minimum atomic E-state index is -0.350. The van der Waals surface area contributed by atoms with Crippen molar-refractivity contribution in [3.05, 3.63) is 39.9 Å². The van der Waals surface area contributed by atoms with Crippen LogP contribution in [0.1, 0.15) is 18.4 Å². The molecule has 0 aromatic heterocycles. The summed E-state index contributed by atoms with van der Waals surface area (Å²) in [4.78, 5) is 15.3. The summed E-state index contributed by atoms with van der Waals surface area (Å²) in [5.41, 5.74) is 1.33. The summed E-state index contributed by atoms with van der Waals surface area (Å²) in [5, 5.41) is 10.7. The van der Waals surface area contributed by atoms with Gasteiger partial charge >= 0.3 is 0 Å². The van der Waals surface area contributed by atoms with Gasteiger partial charge in [-0.2, -0.15) is 0 Å². The molecule has 2 heterocycles. The molecular weight excluding hydrogens is 294 g/mol. The smallest absolute Gasteiger partial charge is 0.269 e. The van der Waals surface area contributed by atoms with Crippen LogP contribution in [0.4, 0.5) is 5.69 Å². The summed E-state index contributed by atoms with van der Waals surface area (Å²) in [6.45, 7) is 7.45. The normalized spacial score (nSPS) is 23.2. The molecule has 0 saturated carbocycles. The van der Waals surface area contributed by atoms with E-state index in [4.69, 9.17) is 4.74 Å². The van der Waals surface area contributed by atoms with Crippen molar-refractivity contribution < 1.29 is 9.66 Å². The van der Waals surface area contributed by atoms with Gasteiger partial charge in [0.1, 0.15) is 0 Å². The van der Waals surface area contributed by atoms with Crippen molar-refractivity contribution >= 4 is 5.69 Å². The van der Waals surface area contributed by atoms with Crippen molar-refractivity contribution in [1.29, 1.82) is 0 Å². The highest BCUT2D eigenvalue weighted by Crippen LogP contribution is 2.15. The fourth-order valence-corrected chi connectivity index (χ4v) is 3.34. The molecule has 3 rings (SSSR count). The van der Waals surface area contributed by atoms with Gasteiger partial charge in [0.2, 0.25) is 0 Å². The standard InChI is InChI=1S/C17H25N3O3/c21-20(22)16-5-3-15(4-6-16)7-8-18-9-11-19(12-10-18)14-17-2-1-13-23-17/h3-6,17H,1-2,7-14H2/t17-/m1/s1. The Hall–Kier alpha value is -1.50. The molecule has 1 atom stereocenters. The number of ether oxygens (including phenoxy) is 1. The van der Waals surface area contributed by atoms with Gasteiger partial charge in [0.05, 0.1) is 11.0 Å². The highest BCUT2D eigenvalue weighted by Gasteiger charge is 2.22. The van der Waals surface area contributed by atoms with Gasteiger partial charge < -0.3 is 9.64 Å². The molecule has 2 aliphatic rings. The van der Waals surface area contributed by atoms with Crippen LogP contribution in [0.5, 0.6) is 0 Å². The second-order valence-corrected chi connectivity index (χ2v) is 6.45. The third-order valence-electron chi connectivity index (χ3n) is 4.81. The number of nitrogens with zero attached hydrogens (tertiary/aromatic N) is 3. The summed E-state index contributed by atoms with van der Waals surface area (Å²) in [6.07, 6.45) is 3.81. The first-order chi connectivity index (χ1) is 11.2. The number of nitro benzene ring substituents is 1. The maximum atomic E-state index is 10.7.